The molecule has 1 aromatic rings. The van der Waals surface area contributed by atoms with Crippen molar-refractivity contribution in [2.24, 2.45) is 11.7 Å². The van der Waals surface area contributed by atoms with Gasteiger partial charge < -0.3 is 11.1 Å². The highest BCUT2D eigenvalue weighted by Gasteiger charge is 2.25. The second kappa shape index (κ2) is 8.73. The smallest absolute Gasteiger partial charge is 0.239 e. The lowest BCUT2D eigenvalue weighted by Crippen LogP contribution is -2.41. The van der Waals surface area contributed by atoms with Gasteiger partial charge in [-0.25, -0.2) is 0 Å². The minimum absolute atomic E-state index is 0. The van der Waals surface area contributed by atoms with E-state index in [0.29, 0.717) is 5.92 Å². The van der Waals surface area contributed by atoms with Crippen molar-refractivity contribution in [1.82, 2.24) is 10.2 Å². The number of benzene rings is 1. The maximum Gasteiger partial charge on any atom is 0.239 e. The number of primary amides is 1. The quantitative estimate of drug-likeness (QED) is 0.829. The number of carbonyl (C=O) groups is 1. The van der Waals surface area contributed by atoms with Crippen LogP contribution in [-0.2, 0) is 4.79 Å². The summed E-state index contributed by atoms with van der Waals surface area (Å²) in [5.74, 6) is 0.289. The predicted molar refractivity (Wildman–Crippen MR) is 91.5 cm³/mol. The SMILES string of the molecule is CN(CC1CCCNC1)C(C(N)=O)c1cccc(Br)c1.Cl. The third-order valence-electron chi connectivity index (χ3n) is 3.82. The van der Waals surface area contributed by atoms with Gasteiger partial charge in [-0.05, 0) is 56.6 Å². The van der Waals surface area contributed by atoms with Gasteiger partial charge in [0.1, 0.15) is 6.04 Å². The molecule has 1 aliphatic rings. The number of amides is 1. The van der Waals surface area contributed by atoms with Gasteiger partial charge in [0.2, 0.25) is 5.91 Å². The van der Waals surface area contributed by atoms with Crippen molar-refractivity contribution in [1.29, 1.82) is 0 Å². The number of rotatable bonds is 5. The molecule has 4 nitrogen and oxygen atoms in total. The molecule has 21 heavy (non-hydrogen) atoms. The van der Waals surface area contributed by atoms with Gasteiger partial charge >= 0.3 is 0 Å². The molecule has 0 bridgehead atoms. The first-order valence-electron chi connectivity index (χ1n) is 7.03. The topological polar surface area (TPSA) is 58.4 Å². The highest BCUT2D eigenvalue weighted by Crippen LogP contribution is 2.24. The third kappa shape index (κ3) is 5.25. The molecule has 118 valence electrons. The maximum atomic E-state index is 11.8. The number of likely N-dealkylation sites (N-methyl/N-ethyl adjacent to an activating group) is 1. The van der Waals surface area contributed by atoms with Gasteiger partial charge in [-0.1, -0.05) is 28.1 Å². The summed E-state index contributed by atoms with van der Waals surface area (Å²) in [5.41, 5.74) is 6.56. The van der Waals surface area contributed by atoms with Crippen LogP contribution in [0.15, 0.2) is 28.7 Å². The van der Waals surface area contributed by atoms with E-state index in [1.54, 1.807) is 0 Å². The molecule has 0 spiro atoms. The number of piperidine rings is 1. The highest BCUT2D eigenvalue weighted by molar-refractivity contribution is 9.10. The van der Waals surface area contributed by atoms with Crippen molar-refractivity contribution >= 4 is 34.2 Å². The van der Waals surface area contributed by atoms with E-state index in [4.69, 9.17) is 5.73 Å². The Hall–Kier alpha value is -0.620. The van der Waals surface area contributed by atoms with Crippen LogP contribution in [-0.4, -0.2) is 37.5 Å². The van der Waals surface area contributed by atoms with Crippen LogP contribution in [0.5, 0.6) is 0 Å². The van der Waals surface area contributed by atoms with Crippen LogP contribution in [0.25, 0.3) is 0 Å². The Morgan fingerprint density at radius 3 is 2.90 bits per heavy atom. The Labute approximate surface area is 141 Å². The molecule has 6 heteroatoms. The Morgan fingerprint density at radius 2 is 2.33 bits per heavy atom. The fourth-order valence-corrected chi connectivity index (χ4v) is 3.32. The zero-order valence-corrected chi connectivity index (χ0v) is 14.6. The Balaban J connectivity index is 0.00000220. The van der Waals surface area contributed by atoms with Gasteiger partial charge in [-0.3, -0.25) is 9.69 Å². The Bertz CT molecular complexity index is 466. The molecule has 2 unspecified atom stereocenters. The van der Waals surface area contributed by atoms with E-state index < -0.39 is 0 Å². The summed E-state index contributed by atoms with van der Waals surface area (Å²) in [5, 5.41) is 3.41. The van der Waals surface area contributed by atoms with Crippen molar-refractivity contribution in [3.63, 3.8) is 0 Å². The van der Waals surface area contributed by atoms with Crippen molar-refractivity contribution in [3.8, 4) is 0 Å². The molecule has 0 aliphatic carbocycles. The van der Waals surface area contributed by atoms with Crippen LogP contribution in [0.1, 0.15) is 24.4 Å². The molecular weight excluding hydrogens is 354 g/mol. The zero-order chi connectivity index (χ0) is 14.5. The summed E-state index contributed by atoms with van der Waals surface area (Å²) in [6.07, 6.45) is 2.41. The number of nitrogens with one attached hydrogen (secondary N) is 1. The van der Waals surface area contributed by atoms with E-state index in [0.717, 1.165) is 29.7 Å². The number of hydrogen-bond acceptors (Lipinski definition) is 3. The van der Waals surface area contributed by atoms with E-state index in [-0.39, 0.29) is 24.4 Å². The number of nitrogens with two attached hydrogens (primary N) is 1. The largest absolute Gasteiger partial charge is 0.368 e. The van der Waals surface area contributed by atoms with E-state index >= 15 is 0 Å². The standard InChI is InChI=1S/C15H22BrN3O.ClH/c1-19(10-11-4-3-7-18-9-11)14(15(17)20)12-5-2-6-13(16)8-12;/h2,5-6,8,11,14,18H,3-4,7,9-10H2,1H3,(H2,17,20);1H. The normalized spacial score (nSPS) is 19.9. The fourth-order valence-electron chi connectivity index (χ4n) is 2.91. The van der Waals surface area contributed by atoms with Crippen LogP contribution in [0.2, 0.25) is 0 Å². The van der Waals surface area contributed by atoms with Crippen LogP contribution in [0, 0.1) is 5.92 Å². The molecule has 0 saturated carbocycles. The molecule has 2 atom stereocenters. The van der Waals surface area contributed by atoms with E-state index in [2.05, 4.69) is 26.1 Å². The number of nitrogens with zero attached hydrogens (tertiary/aromatic N) is 1. The van der Waals surface area contributed by atoms with Gasteiger partial charge in [0.05, 0.1) is 0 Å². The van der Waals surface area contributed by atoms with Crippen molar-refractivity contribution in [3.05, 3.63) is 34.3 Å². The lowest BCUT2D eigenvalue weighted by Gasteiger charge is -2.31. The molecule has 1 heterocycles. The first kappa shape index (κ1) is 18.4. The Morgan fingerprint density at radius 1 is 1.57 bits per heavy atom. The Kier molecular flexibility index (Phi) is 7.66. The highest BCUT2D eigenvalue weighted by atomic mass is 79.9. The van der Waals surface area contributed by atoms with Gasteiger partial charge in [-0.2, -0.15) is 0 Å². The summed E-state index contributed by atoms with van der Waals surface area (Å²) in [4.78, 5) is 13.9. The minimum Gasteiger partial charge on any atom is -0.368 e. The van der Waals surface area contributed by atoms with Crippen LogP contribution in [0.3, 0.4) is 0 Å². The molecule has 0 radical (unpaired) electrons. The molecule has 1 saturated heterocycles. The summed E-state index contributed by atoms with van der Waals surface area (Å²) in [6.45, 7) is 3.01. The molecule has 1 aliphatic heterocycles. The maximum absolute atomic E-state index is 11.8. The summed E-state index contributed by atoms with van der Waals surface area (Å²) in [6, 6.07) is 7.44. The molecule has 1 fully saturated rings. The second-order valence-electron chi connectivity index (χ2n) is 5.51. The van der Waals surface area contributed by atoms with Gasteiger partial charge in [0.25, 0.3) is 0 Å². The van der Waals surface area contributed by atoms with Gasteiger partial charge in [-0.15, -0.1) is 12.4 Å². The second-order valence-corrected chi connectivity index (χ2v) is 6.43. The average Bonchev–Trinajstić information content (AvgIpc) is 2.39. The minimum atomic E-state index is -0.366. The molecule has 2 rings (SSSR count). The number of carbonyl (C=O) groups excluding carboxylic acids is 1. The molecule has 3 N–H and O–H groups in total. The summed E-state index contributed by atoms with van der Waals surface area (Å²) >= 11 is 3.45. The van der Waals surface area contributed by atoms with E-state index in [1.807, 2.05) is 31.3 Å². The molecular formula is C15H23BrClN3O. The van der Waals surface area contributed by atoms with Gasteiger partial charge in [0, 0.05) is 11.0 Å². The zero-order valence-electron chi connectivity index (χ0n) is 12.2. The monoisotopic (exact) mass is 375 g/mol. The molecule has 0 aromatic heterocycles. The van der Waals surface area contributed by atoms with Crippen LogP contribution in [0.4, 0.5) is 0 Å². The van der Waals surface area contributed by atoms with Gasteiger partial charge in [0.15, 0.2) is 0 Å². The number of hydrogen-bond donors (Lipinski definition) is 2. The van der Waals surface area contributed by atoms with E-state index in [1.165, 1.54) is 12.8 Å². The molecule has 1 aromatic carbocycles. The third-order valence-corrected chi connectivity index (χ3v) is 4.31. The van der Waals surface area contributed by atoms with Crippen molar-refractivity contribution in [2.75, 3.05) is 26.7 Å². The first-order valence-corrected chi connectivity index (χ1v) is 7.83. The lowest BCUT2D eigenvalue weighted by atomic mass is 9.97. The van der Waals surface area contributed by atoms with Crippen LogP contribution >= 0.6 is 28.3 Å². The lowest BCUT2D eigenvalue weighted by molar-refractivity contribution is -0.123. The van der Waals surface area contributed by atoms with Crippen LogP contribution < -0.4 is 11.1 Å². The first-order chi connectivity index (χ1) is 9.58. The summed E-state index contributed by atoms with van der Waals surface area (Å²) < 4.78 is 0.967. The predicted octanol–water partition coefficient (Wildman–Crippen LogP) is 2.33. The van der Waals surface area contributed by atoms with Crippen molar-refractivity contribution in [2.45, 2.75) is 18.9 Å². The average molecular weight is 377 g/mol. The van der Waals surface area contributed by atoms with E-state index in [9.17, 15) is 4.79 Å². The summed E-state index contributed by atoms with van der Waals surface area (Å²) in [7, 11) is 1.98. The van der Waals surface area contributed by atoms with Crippen molar-refractivity contribution < 1.29 is 4.79 Å². The number of halogens is 2. The fraction of sp³-hybridized carbons (Fsp3) is 0.533. The molecule has 1 amide bonds.